The van der Waals surface area contributed by atoms with Gasteiger partial charge in [0.1, 0.15) is 0 Å². The normalized spacial score (nSPS) is 43.4. The van der Waals surface area contributed by atoms with Gasteiger partial charge in [0.2, 0.25) is 0 Å². The van der Waals surface area contributed by atoms with Gasteiger partial charge in [-0.05, 0) is 30.6 Å². The highest BCUT2D eigenvalue weighted by Gasteiger charge is 2.42. The van der Waals surface area contributed by atoms with Crippen molar-refractivity contribution in [1.82, 2.24) is 0 Å². The van der Waals surface area contributed by atoms with Gasteiger partial charge in [-0.2, -0.15) is 0 Å². The zero-order valence-electron chi connectivity index (χ0n) is 7.76. The summed E-state index contributed by atoms with van der Waals surface area (Å²) in [6.07, 6.45) is 5.20. The van der Waals surface area contributed by atoms with E-state index in [-0.39, 0.29) is 0 Å². The van der Waals surface area contributed by atoms with E-state index in [1.165, 1.54) is 19.3 Å². The molecule has 2 saturated heterocycles. The van der Waals surface area contributed by atoms with Crippen molar-refractivity contribution in [1.29, 1.82) is 0 Å². The molecule has 2 bridgehead atoms. The summed E-state index contributed by atoms with van der Waals surface area (Å²) in [6, 6.07) is 0. The van der Waals surface area contributed by atoms with Crippen LogP contribution in [0.4, 0.5) is 0 Å². The largest absolute Gasteiger partial charge is 0.375 e. The van der Waals surface area contributed by atoms with E-state index in [1.807, 2.05) is 0 Å². The molecule has 1 saturated carbocycles. The minimum Gasteiger partial charge on any atom is -0.375 e. The Morgan fingerprint density at radius 3 is 1.73 bits per heavy atom. The molecule has 0 N–H and O–H groups in total. The fourth-order valence-corrected chi connectivity index (χ4v) is 2.30. The van der Waals surface area contributed by atoms with E-state index in [0.717, 1.165) is 5.92 Å². The number of hydrogen-bond acceptors (Lipinski definition) is 1. The van der Waals surface area contributed by atoms with Gasteiger partial charge in [-0.3, -0.25) is 0 Å². The maximum atomic E-state index is 5.60. The first-order chi connectivity index (χ1) is 5.05. The van der Waals surface area contributed by atoms with Crippen LogP contribution < -0.4 is 0 Å². The Morgan fingerprint density at radius 1 is 1.00 bits per heavy atom. The van der Waals surface area contributed by atoms with Crippen LogP contribution in [-0.4, -0.2) is 12.2 Å². The van der Waals surface area contributed by atoms with E-state index >= 15 is 0 Å². The van der Waals surface area contributed by atoms with Gasteiger partial charge in [-0.25, -0.2) is 0 Å². The molecule has 11 heavy (non-hydrogen) atoms. The second-order valence-electron chi connectivity index (χ2n) is 5.15. The molecule has 0 aromatic carbocycles. The number of fused-ring (bicyclic) bond motifs is 2. The van der Waals surface area contributed by atoms with Gasteiger partial charge in [-0.15, -0.1) is 0 Å². The zero-order chi connectivity index (χ0) is 8.06. The summed E-state index contributed by atoms with van der Waals surface area (Å²) in [5.41, 5.74) is 0.501. The van der Waals surface area contributed by atoms with E-state index in [4.69, 9.17) is 4.74 Å². The summed E-state index contributed by atoms with van der Waals surface area (Å²) in [4.78, 5) is 0. The highest BCUT2D eigenvalue weighted by molar-refractivity contribution is 4.92. The SMILES string of the molecule is CC(C)(C)C1CC2CC(C1)O2. The fourth-order valence-electron chi connectivity index (χ4n) is 2.30. The van der Waals surface area contributed by atoms with Crippen LogP contribution in [0.25, 0.3) is 0 Å². The Bertz CT molecular complexity index is 141. The van der Waals surface area contributed by atoms with Crippen LogP contribution in [0.2, 0.25) is 0 Å². The fraction of sp³-hybridized carbons (Fsp3) is 1.00. The predicted molar refractivity (Wildman–Crippen MR) is 45.5 cm³/mol. The average Bonchev–Trinajstić information content (AvgIpc) is 1.84. The van der Waals surface area contributed by atoms with Crippen molar-refractivity contribution in [3.63, 3.8) is 0 Å². The predicted octanol–water partition coefficient (Wildman–Crippen LogP) is 2.60. The molecule has 3 rings (SSSR count). The van der Waals surface area contributed by atoms with Crippen molar-refractivity contribution < 1.29 is 4.74 Å². The van der Waals surface area contributed by atoms with Gasteiger partial charge in [-0.1, -0.05) is 20.8 Å². The van der Waals surface area contributed by atoms with Crippen LogP contribution >= 0.6 is 0 Å². The quantitative estimate of drug-likeness (QED) is 0.521. The minimum absolute atomic E-state index is 0.501. The molecule has 2 aliphatic heterocycles. The molecule has 0 radical (unpaired) electrons. The molecule has 2 atom stereocenters. The van der Waals surface area contributed by atoms with Crippen molar-refractivity contribution in [3.05, 3.63) is 0 Å². The number of ether oxygens (including phenoxy) is 1. The first kappa shape index (κ1) is 7.60. The first-order valence-corrected chi connectivity index (χ1v) is 4.71. The molecule has 0 aromatic rings. The van der Waals surface area contributed by atoms with E-state index in [2.05, 4.69) is 20.8 Å². The maximum Gasteiger partial charge on any atom is 0.0606 e. The standard InChI is InChI=1S/C10H18O/c1-10(2,3)7-4-8-6-9(5-7)11-8/h7-9H,4-6H2,1-3H3. The summed E-state index contributed by atoms with van der Waals surface area (Å²) >= 11 is 0. The monoisotopic (exact) mass is 154 g/mol. The van der Waals surface area contributed by atoms with Crippen molar-refractivity contribution in [3.8, 4) is 0 Å². The minimum atomic E-state index is 0.501. The smallest absolute Gasteiger partial charge is 0.0606 e. The molecule has 3 aliphatic rings. The van der Waals surface area contributed by atoms with E-state index in [1.54, 1.807) is 0 Å². The maximum absolute atomic E-state index is 5.60. The molecule has 0 aromatic heterocycles. The Labute approximate surface area is 69.1 Å². The number of hydrogen-bond donors (Lipinski definition) is 0. The van der Waals surface area contributed by atoms with Crippen molar-refractivity contribution in [2.75, 3.05) is 0 Å². The Balaban J connectivity index is 1.97. The van der Waals surface area contributed by atoms with Gasteiger partial charge in [0.25, 0.3) is 0 Å². The van der Waals surface area contributed by atoms with Gasteiger partial charge >= 0.3 is 0 Å². The first-order valence-electron chi connectivity index (χ1n) is 4.71. The highest BCUT2D eigenvalue weighted by atomic mass is 16.5. The number of rotatable bonds is 0. The van der Waals surface area contributed by atoms with Gasteiger partial charge in [0.05, 0.1) is 12.2 Å². The Morgan fingerprint density at radius 2 is 1.45 bits per heavy atom. The topological polar surface area (TPSA) is 9.23 Å². The van der Waals surface area contributed by atoms with Crippen LogP contribution in [0.3, 0.4) is 0 Å². The molecule has 64 valence electrons. The van der Waals surface area contributed by atoms with Crippen molar-refractivity contribution in [2.24, 2.45) is 11.3 Å². The van der Waals surface area contributed by atoms with E-state index < -0.39 is 0 Å². The van der Waals surface area contributed by atoms with Crippen molar-refractivity contribution in [2.45, 2.75) is 52.2 Å². The van der Waals surface area contributed by atoms with Gasteiger partial charge in [0.15, 0.2) is 0 Å². The average molecular weight is 154 g/mol. The third-order valence-corrected chi connectivity index (χ3v) is 3.23. The summed E-state index contributed by atoms with van der Waals surface area (Å²) in [6.45, 7) is 7.05. The molecule has 2 unspecified atom stereocenters. The molecule has 1 nitrogen and oxygen atoms in total. The lowest BCUT2D eigenvalue weighted by atomic mass is 9.68. The molecule has 3 fully saturated rings. The van der Waals surface area contributed by atoms with E-state index in [9.17, 15) is 0 Å². The van der Waals surface area contributed by atoms with Crippen LogP contribution in [0.1, 0.15) is 40.0 Å². The van der Waals surface area contributed by atoms with Gasteiger partial charge < -0.3 is 4.74 Å². The molecular weight excluding hydrogens is 136 g/mol. The Hall–Kier alpha value is -0.0400. The molecule has 2 heterocycles. The third kappa shape index (κ3) is 1.31. The molecule has 1 aliphatic carbocycles. The summed E-state index contributed by atoms with van der Waals surface area (Å²) in [5, 5.41) is 0. The van der Waals surface area contributed by atoms with Crippen LogP contribution in [0.5, 0.6) is 0 Å². The summed E-state index contributed by atoms with van der Waals surface area (Å²) in [5.74, 6) is 0.903. The third-order valence-electron chi connectivity index (χ3n) is 3.23. The van der Waals surface area contributed by atoms with Crippen molar-refractivity contribution >= 4 is 0 Å². The summed E-state index contributed by atoms with van der Waals surface area (Å²) < 4.78 is 5.60. The summed E-state index contributed by atoms with van der Waals surface area (Å²) in [7, 11) is 0. The van der Waals surface area contributed by atoms with Crippen LogP contribution in [0.15, 0.2) is 0 Å². The molecule has 1 heteroatoms. The van der Waals surface area contributed by atoms with E-state index in [0.29, 0.717) is 17.6 Å². The second kappa shape index (κ2) is 2.22. The van der Waals surface area contributed by atoms with Crippen LogP contribution in [-0.2, 0) is 4.74 Å². The highest BCUT2D eigenvalue weighted by Crippen LogP contribution is 2.45. The molecule has 0 spiro atoms. The van der Waals surface area contributed by atoms with Crippen LogP contribution in [0, 0.1) is 11.3 Å². The van der Waals surface area contributed by atoms with Gasteiger partial charge in [0, 0.05) is 0 Å². The lowest BCUT2D eigenvalue weighted by molar-refractivity contribution is -0.185. The molecular formula is C10H18O. The zero-order valence-corrected chi connectivity index (χ0v) is 7.76. The Kier molecular flexibility index (Phi) is 1.54. The molecule has 0 amide bonds. The second-order valence-corrected chi connectivity index (χ2v) is 5.15. The lowest BCUT2D eigenvalue weighted by Crippen LogP contribution is -2.48. The lowest BCUT2D eigenvalue weighted by Gasteiger charge is -2.49.